The van der Waals surface area contributed by atoms with Crippen molar-refractivity contribution < 1.29 is 4.74 Å². The lowest BCUT2D eigenvalue weighted by molar-refractivity contribution is 0.188. The number of hydrogen-bond acceptors (Lipinski definition) is 3. The third-order valence-electron chi connectivity index (χ3n) is 3.72. The highest BCUT2D eigenvalue weighted by molar-refractivity contribution is 5.42. The number of nitrogens with two attached hydrogens (primary N) is 1. The first kappa shape index (κ1) is 12.4. The summed E-state index contributed by atoms with van der Waals surface area (Å²) in [6.07, 6.45) is 2.42. The van der Waals surface area contributed by atoms with E-state index in [9.17, 15) is 0 Å². The van der Waals surface area contributed by atoms with Gasteiger partial charge in [-0.15, -0.1) is 0 Å². The standard InChI is InChI=1S/C14H22N2O/c1-3-16(11-10-15)14(8-9-14)12-6-4-5-7-13(12)17-2/h4-7H,3,8-11,15H2,1-2H3. The van der Waals surface area contributed by atoms with Crippen LogP contribution in [0.25, 0.3) is 0 Å². The summed E-state index contributed by atoms with van der Waals surface area (Å²) in [6.45, 7) is 4.90. The Bertz CT molecular complexity index is 374. The Morgan fingerprint density at radius 2 is 2.06 bits per heavy atom. The minimum Gasteiger partial charge on any atom is -0.496 e. The van der Waals surface area contributed by atoms with Gasteiger partial charge in [0.15, 0.2) is 0 Å². The van der Waals surface area contributed by atoms with E-state index in [0.29, 0.717) is 6.54 Å². The molecule has 2 rings (SSSR count). The number of methoxy groups -OCH3 is 1. The lowest BCUT2D eigenvalue weighted by atomic mass is 10.0. The van der Waals surface area contributed by atoms with Gasteiger partial charge < -0.3 is 10.5 Å². The van der Waals surface area contributed by atoms with Crippen LogP contribution in [0.1, 0.15) is 25.3 Å². The van der Waals surface area contributed by atoms with E-state index in [1.165, 1.54) is 18.4 Å². The van der Waals surface area contributed by atoms with Crippen LogP contribution >= 0.6 is 0 Å². The van der Waals surface area contributed by atoms with Gasteiger partial charge in [-0.1, -0.05) is 25.1 Å². The molecule has 1 saturated carbocycles. The molecule has 2 N–H and O–H groups in total. The van der Waals surface area contributed by atoms with E-state index in [2.05, 4.69) is 24.0 Å². The molecule has 0 amide bonds. The Balaban J connectivity index is 2.31. The van der Waals surface area contributed by atoms with Crippen LogP contribution in [-0.2, 0) is 5.54 Å². The summed E-state index contributed by atoms with van der Waals surface area (Å²) >= 11 is 0. The van der Waals surface area contributed by atoms with Crippen LogP contribution in [0.5, 0.6) is 5.75 Å². The maximum atomic E-state index is 5.71. The number of nitrogens with zero attached hydrogens (tertiary/aromatic N) is 1. The molecule has 0 saturated heterocycles. The first-order chi connectivity index (χ1) is 8.28. The predicted octanol–water partition coefficient (Wildman–Crippen LogP) is 1.96. The average Bonchev–Trinajstić information content (AvgIpc) is 3.17. The molecular weight excluding hydrogens is 212 g/mol. The van der Waals surface area contributed by atoms with Crippen molar-refractivity contribution in [3.05, 3.63) is 29.8 Å². The van der Waals surface area contributed by atoms with E-state index in [4.69, 9.17) is 10.5 Å². The van der Waals surface area contributed by atoms with Gasteiger partial charge in [-0.2, -0.15) is 0 Å². The SMILES string of the molecule is CCN(CCN)C1(c2ccccc2OC)CC1. The Morgan fingerprint density at radius 1 is 1.35 bits per heavy atom. The summed E-state index contributed by atoms with van der Waals surface area (Å²) in [6, 6.07) is 8.35. The van der Waals surface area contributed by atoms with Gasteiger partial charge in [-0.25, -0.2) is 0 Å². The molecule has 0 unspecified atom stereocenters. The fourth-order valence-corrected chi connectivity index (χ4v) is 2.73. The molecule has 1 fully saturated rings. The molecule has 0 bridgehead atoms. The molecule has 0 radical (unpaired) electrons. The smallest absolute Gasteiger partial charge is 0.123 e. The van der Waals surface area contributed by atoms with Crippen molar-refractivity contribution in [2.24, 2.45) is 5.73 Å². The predicted molar refractivity (Wildman–Crippen MR) is 70.2 cm³/mol. The molecule has 17 heavy (non-hydrogen) atoms. The van der Waals surface area contributed by atoms with Crippen LogP contribution in [0.4, 0.5) is 0 Å². The Hall–Kier alpha value is -1.06. The summed E-state index contributed by atoms with van der Waals surface area (Å²) in [5.41, 5.74) is 7.20. The summed E-state index contributed by atoms with van der Waals surface area (Å²) in [4.78, 5) is 2.48. The van der Waals surface area contributed by atoms with E-state index < -0.39 is 0 Å². The zero-order chi connectivity index (χ0) is 12.3. The van der Waals surface area contributed by atoms with Crippen LogP contribution in [0.2, 0.25) is 0 Å². The molecule has 94 valence electrons. The zero-order valence-electron chi connectivity index (χ0n) is 10.8. The monoisotopic (exact) mass is 234 g/mol. The van der Waals surface area contributed by atoms with E-state index in [1.54, 1.807) is 7.11 Å². The molecule has 0 aliphatic heterocycles. The third kappa shape index (κ3) is 2.17. The van der Waals surface area contributed by atoms with Crippen LogP contribution in [0.15, 0.2) is 24.3 Å². The van der Waals surface area contributed by atoms with Crippen molar-refractivity contribution in [3.8, 4) is 5.75 Å². The maximum absolute atomic E-state index is 5.71. The molecule has 1 aliphatic carbocycles. The van der Waals surface area contributed by atoms with E-state index >= 15 is 0 Å². The third-order valence-corrected chi connectivity index (χ3v) is 3.72. The number of ether oxygens (including phenoxy) is 1. The van der Waals surface area contributed by atoms with Crippen LogP contribution in [-0.4, -0.2) is 31.6 Å². The quantitative estimate of drug-likeness (QED) is 0.818. The van der Waals surface area contributed by atoms with Gasteiger partial charge >= 0.3 is 0 Å². The summed E-state index contributed by atoms with van der Waals surface area (Å²) < 4.78 is 5.49. The molecule has 0 aromatic heterocycles. The van der Waals surface area contributed by atoms with Crippen LogP contribution < -0.4 is 10.5 Å². The first-order valence-corrected chi connectivity index (χ1v) is 6.37. The molecule has 0 spiro atoms. The molecule has 0 heterocycles. The fraction of sp³-hybridized carbons (Fsp3) is 0.571. The number of likely N-dealkylation sites (N-methyl/N-ethyl adjacent to an activating group) is 1. The van der Waals surface area contributed by atoms with Crippen molar-refractivity contribution in [1.29, 1.82) is 0 Å². The number of benzene rings is 1. The molecule has 3 heteroatoms. The van der Waals surface area contributed by atoms with Gasteiger partial charge in [0.2, 0.25) is 0 Å². The van der Waals surface area contributed by atoms with Gasteiger partial charge in [0.25, 0.3) is 0 Å². The summed E-state index contributed by atoms with van der Waals surface area (Å²) in [7, 11) is 1.74. The maximum Gasteiger partial charge on any atom is 0.123 e. The summed E-state index contributed by atoms with van der Waals surface area (Å²) in [5, 5.41) is 0. The normalized spacial score (nSPS) is 17.2. The largest absolute Gasteiger partial charge is 0.496 e. The highest BCUT2D eigenvalue weighted by Gasteiger charge is 2.49. The van der Waals surface area contributed by atoms with Crippen LogP contribution in [0.3, 0.4) is 0 Å². The van der Waals surface area contributed by atoms with Crippen molar-refractivity contribution in [2.45, 2.75) is 25.3 Å². The Labute approximate surface area is 104 Å². The van der Waals surface area contributed by atoms with Crippen molar-refractivity contribution in [1.82, 2.24) is 4.90 Å². The van der Waals surface area contributed by atoms with Gasteiger partial charge in [-0.05, 0) is 25.5 Å². The molecule has 1 aliphatic rings. The zero-order valence-corrected chi connectivity index (χ0v) is 10.8. The molecule has 0 atom stereocenters. The van der Waals surface area contributed by atoms with E-state index in [0.717, 1.165) is 18.8 Å². The summed E-state index contributed by atoms with van der Waals surface area (Å²) in [5.74, 6) is 1.00. The second-order valence-corrected chi connectivity index (χ2v) is 4.60. The number of rotatable bonds is 6. The molecule has 1 aromatic carbocycles. The van der Waals surface area contributed by atoms with Gasteiger partial charge in [-0.3, -0.25) is 4.90 Å². The highest BCUT2D eigenvalue weighted by atomic mass is 16.5. The Kier molecular flexibility index (Phi) is 3.69. The minimum atomic E-state index is 0.181. The first-order valence-electron chi connectivity index (χ1n) is 6.37. The second-order valence-electron chi connectivity index (χ2n) is 4.60. The number of hydrogen-bond donors (Lipinski definition) is 1. The Morgan fingerprint density at radius 3 is 2.59 bits per heavy atom. The number of para-hydroxylation sites is 1. The molecule has 1 aromatic rings. The van der Waals surface area contributed by atoms with E-state index in [-0.39, 0.29) is 5.54 Å². The second kappa shape index (κ2) is 5.07. The molecular formula is C14H22N2O. The lowest BCUT2D eigenvalue weighted by Crippen LogP contribution is -2.39. The minimum absolute atomic E-state index is 0.181. The average molecular weight is 234 g/mol. The van der Waals surface area contributed by atoms with Gasteiger partial charge in [0.1, 0.15) is 5.75 Å². The molecule has 3 nitrogen and oxygen atoms in total. The lowest BCUT2D eigenvalue weighted by Gasteiger charge is -2.31. The van der Waals surface area contributed by atoms with Crippen molar-refractivity contribution in [3.63, 3.8) is 0 Å². The highest BCUT2D eigenvalue weighted by Crippen LogP contribution is 2.53. The topological polar surface area (TPSA) is 38.5 Å². The van der Waals surface area contributed by atoms with Crippen molar-refractivity contribution >= 4 is 0 Å². The van der Waals surface area contributed by atoms with Gasteiger partial charge in [0, 0.05) is 24.2 Å². The van der Waals surface area contributed by atoms with Gasteiger partial charge in [0.05, 0.1) is 7.11 Å². The van der Waals surface area contributed by atoms with E-state index in [1.807, 2.05) is 12.1 Å². The van der Waals surface area contributed by atoms with Crippen LogP contribution in [0, 0.1) is 0 Å². The fourth-order valence-electron chi connectivity index (χ4n) is 2.73. The van der Waals surface area contributed by atoms with Crippen molar-refractivity contribution in [2.75, 3.05) is 26.7 Å².